The van der Waals surface area contributed by atoms with E-state index in [2.05, 4.69) is 16.0 Å². The van der Waals surface area contributed by atoms with Gasteiger partial charge in [0.2, 0.25) is 0 Å². The molecule has 0 aliphatic rings. The molecule has 0 aliphatic carbocycles. The molecule has 0 aromatic heterocycles. The highest BCUT2D eigenvalue weighted by Crippen LogP contribution is 2.16. The summed E-state index contributed by atoms with van der Waals surface area (Å²) in [5.41, 5.74) is 3.18. The van der Waals surface area contributed by atoms with Crippen LogP contribution in [0.5, 0.6) is 11.5 Å². The Morgan fingerprint density at radius 3 is 2.00 bits per heavy atom. The molecule has 3 N–H and O–H groups in total. The van der Waals surface area contributed by atoms with Gasteiger partial charge in [0, 0.05) is 22.5 Å². The van der Waals surface area contributed by atoms with Crippen molar-refractivity contribution < 1.29 is 19.1 Å². The van der Waals surface area contributed by atoms with Gasteiger partial charge in [0.05, 0.1) is 0 Å². The number of ether oxygens (including phenoxy) is 2. The van der Waals surface area contributed by atoms with Crippen LogP contribution >= 0.6 is 12.2 Å². The van der Waals surface area contributed by atoms with Gasteiger partial charge in [-0.15, -0.1) is 0 Å². The Labute approximate surface area is 226 Å². The van der Waals surface area contributed by atoms with Crippen LogP contribution in [0.4, 0.5) is 11.4 Å². The van der Waals surface area contributed by atoms with Crippen molar-refractivity contribution in [3.63, 3.8) is 0 Å². The fourth-order valence-corrected chi connectivity index (χ4v) is 3.78. The van der Waals surface area contributed by atoms with Gasteiger partial charge in [-0.3, -0.25) is 14.9 Å². The quantitative estimate of drug-likeness (QED) is 0.188. The SMILES string of the molecule is Cc1cccc(NC(=O)c2cccc(NC(=S)NC(=O)c3cccc(OCCOc4ccccc4)c3)c2)c1. The Kier molecular flexibility index (Phi) is 9.04. The summed E-state index contributed by atoms with van der Waals surface area (Å²) >= 11 is 5.31. The van der Waals surface area contributed by atoms with Gasteiger partial charge in [0.25, 0.3) is 11.8 Å². The molecule has 2 amide bonds. The normalized spacial score (nSPS) is 10.2. The topological polar surface area (TPSA) is 88.7 Å². The number of anilines is 2. The molecule has 4 aromatic carbocycles. The van der Waals surface area contributed by atoms with Crippen LogP contribution in [0.2, 0.25) is 0 Å². The van der Waals surface area contributed by atoms with Crippen LogP contribution in [-0.2, 0) is 0 Å². The Balaban J connectivity index is 1.28. The van der Waals surface area contributed by atoms with Gasteiger partial charge in [-0.25, -0.2) is 0 Å². The molecule has 0 saturated heterocycles. The van der Waals surface area contributed by atoms with Gasteiger partial charge in [-0.05, 0) is 85.4 Å². The van der Waals surface area contributed by atoms with E-state index in [0.717, 1.165) is 11.3 Å². The minimum atomic E-state index is -0.387. The number of thiocarbonyl (C=S) groups is 1. The summed E-state index contributed by atoms with van der Waals surface area (Å²) < 4.78 is 11.3. The number of nitrogens with one attached hydrogen (secondary N) is 3. The zero-order valence-corrected chi connectivity index (χ0v) is 21.6. The minimum absolute atomic E-state index is 0.105. The number of hydrogen-bond donors (Lipinski definition) is 3. The summed E-state index contributed by atoms with van der Waals surface area (Å²) in [4.78, 5) is 25.4. The summed E-state index contributed by atoms with van der Waals surface area (Å²) in [6.45, 7) is 2.66. The summed E-state index contributed by atoms with van der Waals surface area (Å²) in [6.07, 6.45) is 0. The molecule has 8 heteroatoms. The number of aryl methyl sites for hydroxylation is 1. The average molecular weight is 526 g/mol. The first kappa shape index (κ1) is 26.4. The average Bonchev–Trinajstić information content (AvgIpc) is 2.92. The van der Waals surface area contributed by atoms with Crippen molar-refractivity contribution in [2.45, 2.75) is 6.92 Å². The van der Waals surface area contributed by atoms with Gasteiger partial charge in [-0.1, -0.05) is 42.5 Å². The van der Waals surface area contributed by atoms with E-state index in [1.807, 2.05) is 61.5 Å². The molecular weight excluding hydrogens is 498 g/mol. The number of benzene rings is 4. The maximum Gasteiger partial charge on any atom is 0.257 e. The van der Waals surface area contributed by atoms with Crippen LogP contribution in [-0.4, -0.2) is 30.1 Å². The first-order valence-corrected chi connectivity index (χ1v) is 12.4. The first-order valence-electron chi connectivity index (χ1n) is 12.0. The first-order chi connectivity index (χ1) is 18.5. The number of rotatable bonds is 9. The second kappa shape index (κ2) is 13.0. The molecular formula is C30H27N3O4S. The van der Waals surface area contributed by atoms with Gasteiger partial charge in [0.15, 0.2) is 5.11 Å². The molecule has 0 heterocycles. The summed E-state index contributed by atoms with van der Waals surface area (Å²) in [6, 6.07) is 30.7. The van der Waals surface area contributed by atoms with Crippen molar-refractivity contribution >= 4 is 40.5 Å². The van der Waals surface area contributed by atoms with Crippen LogP contribution in [0, 0.1) is 6.92 Å². The zero-order chi connectivity index (χ0) is 26.7. The van der Waals surface area contributed by atoms with E-state index in [9.17, 15) is 9.59 Å². The number of carbonyl (C=O) groups excluding carboxylic acids is 2. The van der Waals surface area contributed by atoms with E-state index in [-0.39, 0.29) is 16.9 Å². The highest BCUT2D eigenvalue weighted by molar-refractivity contribution is 7.80. The third kappa shape index (κ3) is 7.91. The highest BCUT2D eigenvalue weighted by atomic mass is 32.1. The van der Waals surface area contributed by atoms with Crippen molar-refractivity contribution in [2.75, 3.05) is 23.8 Å². The predicted molar refractivity (Wildman–Crippen MR) is 153 cm³/mol. The maximum atomic E-state index is 12.7. The lowest BCUT2D eigenvalue weighted by Crippen LogP contribution is -2.34. The third-order valence-electron chi connectivity index (χ3n) is 5.35. The molecule has 192 valence electrons. The van der Waals surface area contributed by atoms with Crippen molar-refractivity contribution in [1.29, 1.82) is 0 Å². The molecule has 4 rings (SSSR count). The van der Waals surface area contributed by atoms with E-state index in [0.29, 0.717) is 41.5 Å². The number of para-hydroxylation sites is 1. The molecule has 0 atom stereocenters. The molecule has 0 fully saturated rings. The second-order valence-electron chi connectivity index (χ2n) is 8.35. The Hall–Kier alpha value is -4.69. The standard InChI is InChI=1S/C30H27N3O4S/c1-21-8-5-11-24(18-21)31-28(34)22-9-6-12-25(19-22)32-30(38)33-29(35)23-10-7-15-27(20-23)37-17-16-36-26-13-3-2-4-14-26/h2-15,18-20H,16-17H2,1H3,(H,31,34)(H2,32,33,35,38). The smallest absolute Gasteiger partial charge is 0.257 e. The molecule has 0 aliphatic heterocycles. The van der Waals surface area contributed by atoms with Crippen LogP contribution < -0.4 is 25.4 Å². The second-order valence-corrected chi connectivity index (χ2v) is 8.76. The molecule has 38 heavy (non-hydrogen) atoms. The Bertz CT molecular complexity index is 1430. The summed E-state index contributed by atoms with van der Waals surface area (Å²) in [5, 5.41) is 8.59. The van der Waals surface area contributed by atoms with Crippen molar-refractivity contribution in [1.82, 2.24) is 5.32 Å². The monoisotopic (exact) mass is 525 g/mol. The fourth-order valence-electron chi connectivity index (χ4n) is 3.56. The van der Waals surface area contributed by atoms with Gasteiger partial charge < -0.3 is 20.1 Å². The van der Waals surface area contributed by atoms with Crippen molar-refractivity contribution in [2.24, 2.45) is 0 Å². The molecule has 0 radical (unpaired) electrons. The molecule has 0 bridgehead atoms. The van der Waals surface area contributed by atoms with Gasteiger partial charge >= 0.3 is 0 Å². The predicted octanol–water partition coefficient (Wildman–Crippen LogP) is 5.83. The van der Waals surface area contributed by atoms with Gasteiger partial charge in [-0.2, -0.15) is 0 Å². The lowest BCUT2D eigenvalue weighted by molar-refractivity contribution is 0.0975. The Morgan fingerprint density at radius 1 is 0.658 bits per heavy atom. The van der Waals surface area contributed by atoms with E-state index in [1.54, 1.807) is 48.5 Å². The third-order valence-corrected chi connectivity index (χ3v) is 5.55. The lowest BCUT2D eigenvalue weighted by atomic mass is 10.1. The maximum absolute atomic E-state index is 12.7. The van der Waals surface area contributed by atoms with Crippen molar-refractivity contribution in [3.8, 4) is 11.5 Å². The van der Waals surface area contributed by atoms with E-state index >= 15 is 0 Å². The fraction of sp³-hybridized carbons (Fsp3) is 0.100. The van der Waals surface area contributed by atoms with E-state index < -0.39 is 0 Å². The van der Waals surface area contributed by atoms with Crippen LogP contribution in [0.1, 0.15) is 26.3 Å². The Morgan fingerprint density at radius 2 is 1.26 bits per heavy atom. The van der Waals surface area contributed by atoms with Gasteiger partial charge in [0.1, 0.15) is 24.7 Å². The number of carbonyl (C=O) groups is 2. The highest BCUT2D eigenvalue weighted by Gasteiger charge is 2.11. The molecule has 7 nitrogen and oxygen atoms in total. The van der Waals surface area contributed by atoms with E-state index in [1.165, 1.54) is 0 Å². The minimum Gasteiger partial charge on any atom is -0.490 e. The van der Waals surface area contributed by atoms with Crippen LogP contribution in [0.3, 0.4) is 0 Å². The molecule has 0 saturated carbocycles. The number of hydrogen-bond acceptors (Lipinski definition) is 5. The molecule has 4 aromatic rings. The van der Waals surface area contributed by atoms with Crippen LogP contribution in [0.15, 0.2) is 103 Å². The lowest BCUT2D eigenvalue weighted by Gasteiger charge is -2.12. The largest absolute Gasteiger partial charge is 0.490 e. The molecule has 0 unspecified atom stereocenters. The summed E-state index contributed by atoms with van der Waals surface area (Å²) in [5.74, 6) is 0.671. The van der Waals surface area contributed by atoms with Crippen molar-refractivity contribution in [3.05, 3.63) is 120 Å². The van der Waals surface area contributed by atoms with E-state index in [4.69, 9.17) is 21.7 Å². The molecule has 0 spiro atoms. The summed E-state index contributed by atoms with van der Waals surface area (Å²) in [7, 11) is 0. The van der Waals surface area contributed by atoms with Crippen LogP contribution in [0.25, 0.3) is 0 Å². The zero-order valence-electron chi connectivity index (χ0n) is 20.8. The number of amides is 2.